The number of hydrogen-bond donors (Lipinski definition) is 0. The van der Waals surface area contributed by atoms with Gasteiger partial charge in [0.05, 0.1) is 39.1 Å². The topological polar surface area (TPSA) is 132 Å². The first-order valence-corrected chi connectivity index (χ1v) is 23.7. The van der Waals surface area contributed by atoms with Crippen LogP contribution in [0, 0.1) is 0 Å². The maximum absolute atomic E-state index is 14.2. The smallest absolute Gasteiger partial charge is 0.350 e. The molecule has 0 spiro atoms. The maximum Gasteiger partial charge on any atom is 0.350 e. The molecule has 340 valence electrons. The van der Waals surface area contributed by atoms with Gasteiger partial charge in [0, 0.05) is 23.3 Å². The lowest BCUT2D eigenvalue weighted by molar-refractivity contribution is -0.537. The summed E-state index contributed by atoms with van der Waals surface area (Å²) in [6.45, 7) is 14.8. The molecule has 7 rings (SSSR count). The molecule has 3 aliphatic rings. The van der Waals surface area contributed by atoms with Crippen LogP contribution in [0.5, 0.6) is 0 Å². The predicted molar refractivity (Wildman–Crippen MR) is 235 cm³/mol. The SMILES string of the molecule is CC(=O)OC[C@H]1O[Si](C(C)(C)C)(C(C)(C)C)O[C@H]2[C@H]1OC(OC[C@H]1O[C@H]([O-])[C@@H](OCc3ccccc3)[C@@H](OCc3ccccc3)[C@@H]1OCc1ccccc1)[C@@H]2OCc1ccccc1. The van der Waals surface area contributed by atoms with E-state index < -0.39 is 86.0 Å². The molecule has 0 amide bonds. The summed E-state index contributed by atoms with van der Waals surface area (Å²) in [5.74, 6) is -0.429. The van der Waals surface area contributed by atoms with Crippen molar-refractivity contribution in [2.45, 2.75) is 146 Å². The van der Waals surface area contributed by atoms with Gasteiger partial charge in [0.1, 0.15) is 49.3 Å². The Balaban J connectivity index is 1.20. The number of carbonyl (C=O) groups excluding carboxylic acids is 1. The highest BCUT2D eigenvalue weighted by Crippen LogP contribution is 2.57. The zero-order chi connectivity index (χ0) is 44.6. The predicted octanol–water partition coefficient (Wildman–Crippen LogP) is 7.54. The second-order valence-electron chi connectivity index (χ2n) is 18.5. The second-order valence-corrected chi connectivity index (χ2v) is 23.3. The van der Waals surface area contributed by atoms with Crippen molar-refractivity contribution >= 4 is 14.5 Å². The van der Waals surface area contributed by atoms with E-state index in [9.17, 15) is 9.90 Å². The van der Waals surface area contributed by atoms with Crippen LogP contribution in [0.25, 0.3) is 0 Å². The molecule has 3 saturated heterocycles. The molecule has 0 aliphatic carbocycles. The van der Waals surface area contributed by atoms with Gasteiger partial charge in [-0.2, -0.15) is 0 Å². The van der Waals surface area contributed by atoms with Crippen molar-refractivity contribution < 1.29 is 56.6 Å². The summed E-state index contributed by atoms with van der Waals surface area (Å²) in [5.41, 5.74) is 3.73. The van der Waals surface area contributed by atoms with E-state index in [1.54, 1.807) is 0 Å². The van der Waals surface area contributed by atoms with E-state index in [1.165, 1.54) is 6.92 Å². The van der Waals surface area contributed by atoms with Gasteiger partial charge in [-0.1, -0.05) is 163 Å². The van der Waals surface area contributed by atoms with Crippen LogP contribution in [0.1, 0.15) is 70.7 Å². The van der Waals surface area contributed by atoms with Crippen LogP contribution < -0.4 is 5.11 Å². The molecule has 13 heteroatoms. The minimum absolute atomic E-state index is 0.0390. The fourth-order valence-corrected chi connectivity index (χ4v) is 13.9. The highest BCUT2D eigenvalue weighted by atomic mass is 28.4. The van der Waals surface area contributed by atoms with Crippen LogP contribution in [-0.2, 0) is 78.0 Å². The highest BCUT2D eigenvalue weighted by Gasteiger charge is 2.68. The van der Waals surface area contributed by atoms with Crippen LogP contribution in [-0.4, -0.2) is 89.2 Å². The van der Waals surface area contributed by atoms with Crippen LogP contribution in [0.3, 0.4) is 0 Å². The van der Waals surface area contributed by atoms with Gasteiger partial charge in [0.2, 0.25) is 0 Å². The van der Waals surface area contributed by atoms with Crippen molar-refractivity contribution in [2.75, 3.05) is 13.2 Å². The average Bonchev–Trinajstić information content (AvgIpc) is 3.62. The Kier molecular flexibility index (Phi) is 15.7. The van der Waals surface area contributed by atoms with Crippen LogP contribution >= 0.6 is 0 Å². The molecule has 0 saturated carbocycles. The van der Waals surface area contributed by atoms with Crippen LogP contribution in [0.2, 0.25) is 10.1 Å². The quantitative estimate of drug-likeness (QED) is 0.0767. The van der Waals surface area contributed by atoms with E-state index in [-0.39, 0.29) is 39.6 Å². The standard InChI is InChI=1S/C50H63O12Si/c1-34(51)53-33-40-42-44(62-63(61-40,49(2,3)4)50(5,6)7)46(57-31-38-26-18-11-19-27-38)48(60-42)58-32-39-41(54-28-35-20-12-8-13-21-35)43(55-29-36-22-14-9-15-23-36)45(47(52)59-39)56-30-37-24-16-10-17-25-37/h8-27,39-48H,28-33H2,1-7H3/q-1/t39-,40-,41-,42+,43+,44+,45+,46-,47+,48?/m1/s1. The Hall–Kier alpha value is -3.83. The Morgan fingerprint density at radius 1 is 0.524 bits per heavy atom. The van der Waals surface area contributed by atoms with Gasteiger partial charge in [-0.15, -0.1) is 0 Å². The molecule has 3 aliphatic heterocycles. The van der Waals surface area contributed by atoms with Crippen molar-refractivity contribution in [1.82, 2.24) is 0 Å². The second kappa shape index (κ2) is 21.0. The van der Waals surface area contributed by atoms with Crippen molar-refractivity contribution in [3.8, 4) is 0 Å². The van der Waals surface area contributed by atoms with Crippen molar-refractivity contribution in [1.29, 1.82) is 0 Å². The molecular weight excluding hydrogens is 821 g/mol. The largest absolute Gasteiger partial charge is 0.829 e. The first kappa shape index (κ1) is 47.1. The third-order valence-corrected chi connectivity index (χ3v) is 17.0. The normalized spacial score (nSPS) is 28.3. The lowest BCUT2D eigenvalue weighted by atomic mass is 9.98. The summed E-state index contributed by atoms with van der Waals surface area (Å²) in [6.07, 6.45) is -9.06. The molecule has 0 bridgehead atoms. The monoisotopic (exact) mass is 883 g/mol. The third-order valence-electron chi connectivity index (χ3n) is 11.8. The lowest BCUT2D eigenvalue weighted by Crippen LogP contribution is -2.68. The van der Waals surface area contributed by atoms with E-state index in [0.29, 0.717) is 0 Å². The summed E-state index contributed by atoms with van der Waals surface area (Å²) in [7, 11) is -3.21. The Labute approximate surface area is 373 Å². The van der Waals surface area contributed by atoms with E-state index in [1.807, 2.05) is 121 Å². The average molecular weight is 884 g/mol. The van der Waals surface area contributed by atoms with Gasteiger partial charge < -0.3 is 51.9 Å². The summed E-state index contributed by atoms with van der Waals surface area (Å²) >= 11 is 0. The minimum atomic E-state index is -3.21. The first-order valence-electron chi connectivity index (χ1n) is 21.9. The molecule has 4 aromatic rings. The first-order chi connectivity index (χ1) is 30.2. The zero-order valence-electron chi connectivity index (χ0n) is 37.5. The molecular formula is C50H63O12Si-. The molecule has 0 radical (unpaired) electrons. The lowest BCUT2D eigenvalue weighted by Gasteiger charge is -2.55. The van der Waals surface area contributed by atoms with Gasteiger partial charge in [-0.3, -0.25) is 4.79 Å². The molecule has 3 heterocycles. The number of ether oxygens (including phenoxy) is 8. The minimum Gasteiger partial charge on any atom is -0.829 e. The van der Waals surface area contributed by atoms with E-state index >= 15 is 0 Å². The van der Waals surface area contributed by atoms with Gasteiger partial charge in [0.25, 0.3) is 0 Å². The Morgan fingerprint density at radius 3 is 1.40 bits per heavy atom. The number of carbonyl (C=O) groups is 1. The van der Waals surface area contributed by atoms with Gasteiger partial charge >= 0.3 is 14.5 Å². The summed E-state index contributed by atoms with van der Waals surface area (Å²) in [4.78, 5) is 12.2. The fraction of sp³-hybridized carbons (Fsp3) is 0.500. The number of esters is 1. The number of benzene rings is 4. The van der Waals surface area contributed by atoms with E-state index in [4.69, 9.17) is 46.7 Å². The Bertz CT molecular complexity index is 1980. The maximum atomic E-state index is 14.2. The van der Waals surface area contributed by atoms with Crippen molar-refractivity contribution in [3.63, 3.8) is 0 Å². The number of rotatable bonds is 17. The van der Waals surface area contributed by atoms with Crippen molar-refractivity contribution in [3.05, 3.63) is 144 Å². The van der Waals surface area contributed by atoms with E-state index in [0.717, 1.165) is 22.3 Å². The summed E-state index contributed by atoms with van der Waals surface area (Å²) < 4.78 is 66.3. The molecule has 0 aromatic heterocycles. The summed E-state index contributed by atoms with van der Waals surface area (Å²) in [6, 6.07) is 39.1. The molecule has 63 heavy (non-hydrogen) atoms. The van der Waals surface area contributed by atoms with Crippen LogP contribution in [0.15, 0.2) is 121 Å². The molecule has 10 atom stereocenters. The van der Waals surface area contributed by atoms with Gasteiger partial charge in [0.15, 0.2) is 6.29 Å². The van der Waals surface area contributed by atoms with Crippen molar-refractivity contribution in [2.24, 2.45) is 0 Å². The molecule has 0 N–H and O–H groups in total. The molecule has 3 fully saturated rings. The number of fused-ring (bicyclic) bond motifs is 1. The number of hydrogen-bond acceptors (Lipinski definition) is 12. The molecule has 12 nitrogen and oxygen atoms in total. The molecule has 4 aromatic carbocycles. The fourth-order valence-electron chi connectivity index (χ4n) is 8.89. The van der Waals surface area contributed by atoms with Gasteiger partial charge in [-0.05, 0) is 22.3 Å². The highest BCUT2D eigenvalue weighted by molar-refractivity contribution is 6.73. The molecule has 1 unspecified atom stereocenters. The zero-order valence-corrected chi connectivity index (χ0v) is 38.5. The van der Waals surface area contributed by atoms with E-state index in [2.05, 4.69) is 41.5 Å². The third kappa shape index (κ3) is 11.5. The van der Waals surface area contributed by atoms with Crippen LogP contribution in [0.4, 0.5) is 0 Å². The summed E-state index contributed by atoms with van der Waals surface area (Å²) in [5, 5.41) is 13.4. The Morgan fingerprint density at radius 2 is 0.952 bits per heavy atom. The van der Waals surface area contributed by atoms with Gasteiger partial charge in [-0.25, -0.2) is 0 Å².